The number of hydrogen-bond acceptors (Lipinski definition) is 4. The second kappa shape index (κ2) is 7.98. The minimum Gasteiger partial charge on any atom is -0.312 e. The van der Waals surface area contributed by atoms with Gasteiger partial charge in [-0.1, -0.05) is 20.3 Å². The maximum Gasteiger partial charge on any atom is 0.107 e. The first-order valence-electron chi connectivity index (χ1n) is 7.74. The van der Waals surface area contributed by atoms with Gasteiger partial charge in [-0.05, 0) is 45.3 Å². The number of aromatic nitrogens is 1. The van der Waals surface area contributed by atoms with Gasteiger partial charge in [0.25, 0.3) is 0 Å². The average molecular weight is 281 g/mol. The van der Waals surface area contributed by atoms with Crippen molar-refractivity contribution >= 4 is 11.3 Å². The number of nitrogens with zero attached hydrogens (tertiary/aromatic N) is 2. The lowest BCUT2D eigenvalue weighted by Crippen LogP contribution is -2.18. The van der Waals surface area contributed by atoms with Gasteiger partial charge in [0, 0.05) is 11.4 Å². The molecule has 0 aliphatic carbocycles. The molecule has 4 heteroatoms. The smallest absolute Gasteiger partial charge is 0.107 e. The molecule has 1 aliphatic heterocycles. The lowest BCUT2D eigenvalue weighted by atomic mass is 10.2. The van der Waals surface area contributed by atoms with Crippen molar-refractivity contribution in [3.05, 3.63) is 15.6 Å². The number of rotatable bonds is 8. The molecule has 1 aromatic rings. The molecule has 0 saturated carbocycles. The third-order valence-electron chi connectivity index (χ3n) is 3.58. The first-order valence-corrected chi connectivity index (χ1v) is 8.55. The standard InChI is InChI=1S/C15H27N3S/c1-3-7-13-14(11-16-8-4-2)19-15(17-13)12-18-9-5-6-10-18/h16H,3-12H2,1-2H3. The summed E-state index contributed by atoms with van der Waals surface area (Å²) in [6.45, 7) is 10.1. The summed E-state index contributed by atoms with van der Waals surface area (Å²) in [5, 5.41) is 4.83. The molecule has 1 N–H and O–H groups in total. The van der Waals surface area contributed by atoms with Crippen LogP contribution >= 0.6 is 11.3 Å². The molecule has 3 nitrogen and oxygen atoms in total. The third-order valence-corrected chi connectivity index (χ3v) is 4.66. The highest BCUT2D eigenvalue weighted by atomic mass is 32.1. The van der Waals surface area contributed by atoms with Gasteiger partial charge in [0.2, 0.25) is 0 Å². The van der Waals surface area contributed by atoms with Crippen molar-refractivity contribution in [1.29, 1.82) is 0 Å². The molecule has 0 unspecified atom stereocenters. The predicted octanol–water partition coefficient (Wildman–Crippen LogP) is 3.19. The molecule has 0 amide bonds. The van der Waals surface area contributed by atoms with Crippen molar-refractivity contribution in [2.45, 2.75) is 59.0 Å². The summed E-state index contributed by atoms with van der Waals surface area (Å²) < 4.78 is 0. The predicted molar refractivity (Wildman–Crippen MR) is 82.6 cm³/mol. The highest BCUT2D eigenvalue weighted by molar-refractivity contribution is 7.11. The van der Waals surface area contributed by atoms with Crippen LogP contribution < -0.4 is 5.32 Å². The van der Waals surface area contributed by atoms with Crippen molar-refractivity contribution in [2.75, 3.05) is 19.6 Å². The van der Waals surface area contributed by atoms with E-state index < -0.39 is 0 Å². The normalized spacial score (nSPS) is 16.3. The van der Waals surface area contributed by atoms with Gasteiger partial charge in [-0.25, -0.2) is 4.98 Å². The molecule has 0 aromatic carbocycles. The second-order valence-electron chi connectivity index (χ2n) is 5.39. The van der Waals surface area contributed by atoms with Crippen LogP contribution in [-0.2, 0) is 19.5 Å². The van der Waals surface area contributed by atoms with Crippen molar-refractivity contribution in [2.24, 2.45) is 0 Å². The van der Waals surface area contributed by atoms with Gasteiger partial charge in [0.15, 0.2) is 0 Å². The lowest BCUT2D eigenvalue weighted by Gasteiger charge is -2.11. The summed E-state index contributed by atoms with van der Waals surface area (Å²) >= 11 is 1.92. The Kier molecular flexibility index (Phi) is 6.28. The summed E-state index contributed by atoms with van der Waals surface area (Å²) in [6, 6.07) is 0. The maximum absolute atomic E-state index is 4.88. The van der Waals surface area contributed by atoms with E-state index in [0.29, 0.717) is 0 Å². The van der Waals surface area contributed by atoms with E-state index in [0.717, 1.165) is 26.1 Å². The monoisotopic (exact) mass is 281 g/mol. The Bertz CT molecular complexity index is 369. The molecule has 2 heterocycles. The van der Waals surface area contributed by atoms with E-state index in [1.165, 1.54) is 54.4 Å². The van der Waals surface area contributed by atoms with Gasteiger partial charge < -0.3 is 5.32 Å². The molecular weight excluding hydrogens is 254 g/mol. The van der Waals surface area contributed by atoms with E-state index in [9.17, 15) is 0 Å². The van der Waals surface area contributed by atoms with Crippen LogP contribution in [0.3, 0.4) is 0 Å². The van der Waals surface area contributed by atoms with Crippen LogP contribution in [0.25, 0.3) is 0 Å². The third kappa shape index (κ3) is 4.55. The van der Waals surface area contributed by atoms with E-state index in [1.807, 2.05) is 11.3 Å². The molecule has 108 valence electrons. The number of nitrogens with one attached hydrogen (secondary N) is 1. The number of likely N-dealkylation sites (tertiary alicyclic amines) is 1. The SMILES string of the molecule is CCCNCc1sc(CN2CCCC2)nc1CCC. The molecule has 1 fully saturated rings. The molecular formula is C15H27N3S. The van der Waals surface area contributed by atoms with Crippen LogP contribution in [0.15, 0.2) is 0 Å². The first-order chi connectivity index (χ1) is 9.33. The van der Waals surface area contributed by atoms with Crippen LogP contribution in [0.1, 0.15) is 55.1 Å². The summed E-state index contributed by atoms with van der Waals surface area (Å²) in [6.07, 6.45) is 6.23. The largest absolute Gasteiger partial charge is 0.312 e. The molecule has 2 rings (SSSR count). The second-order valence-corrected chi connectivity index (χ2v) is 6.56. The van der Waals surface area contributed by atoms with E-state index >= 15 is 0 Å². The molecule has 0 atom stereocenters. The van der Waals surface area contributed by atoms with Crippen LogP contribution in [0.2, 0.25) is 0 Å². The zero-order chi connectivity index (χ0) is 13.5. The molecule has 1 saturated heterocycles. The fourth-order valence-electron chi connectivity index (χ4n) is 2.59. The van der Waals surface area contributed by atoms with E-state index in [2.05, 4.69) is 24.1 Å². The van der Waals surface area contributed by atoms with Gasteiger partial charge in [0.1, 0.15) is 5.01 Å². The van der Waals surface area contributed by atoms with Gasteiger partial charge >= 0.3 is 0 Å². The number of hydrogen-bond donors (Lipinski definition) is 1. The fourth-order valence-corrected chi connectivity index (χ4v) is 3.71. The van der Waals surface area contributed by atoms with Crippen LogP contribution in [-0.4, -0.2) is 29.5 Å². The highest BCUT2D eigenvalue weighted by Gasteiger charge is 2.16. The quantitative estimate of drug-likeness (QED) is 0.742. The number of thiazole rings is 1. The van der Waals surface area contributed by atoms with E-state index in [4.69, 9.17) is 4.98 Å². The number of aryl methyl sites for hydroxylation is 1. The van der Waals surface area contributed by atoms with Crippen molar-refractivity contribution in [3.8, 4) is 0 Å². The summed E-state index contributed by atoms with van der Waals surface area (Å²) in [4.78, 5) is 8.88. The van der Waals surface area contributed by atoms with E-state index in [-0.39, 0.29) is 0 Å². The van der Waals surface area contributed by atoms with E-state index in [1.54, 1.807) is 0 Å². The Morgan fingerprint density at radius 2 is 2.00 bits per heavy atom. The summed E-state index contributed by atoms with van der Waals surface area (Å²) in [5.74, 6) is 0. The summed E-state index contributed by atoms with van der Waals surface area (Å²) in [7, 11) is 0. The van der Waals surface area contributed by atoms with Gasteiger partial charge in [-0.3, -0.25) is 4.90 Å². The minimum absolute atomic E-state index is 1.00. The molecule has 1 aliphatic rings. The first kappa shape index (κ1) is 14.9. The van der Waals surface area contributed by atoms with Crippen LogP contribution in [0.4, 0.5) is 0 Å². The van der Waals surface area contributed by atoms with Gasteiger partial charge in [-0.15, -0.1) is 11.3 Å². The topological polar surface area (TPSA) is 28.2 Å². The molecule has 0 radical (unpaired) electrons. The van der Waals surface area contributed by atoms with Gasteiger partial charge in [0.05, 0.1) is 12.2 Å². The maximum atomic E-state index is 4.88. The van der Waals surface area contributed by atoms with Crippen LogP contribution in [0.5, 0.6) is 0 Å². The van der Waals surface area contributed by atoms with Gasteiger partial charge in [-0.2, -0.15) is 0 Å². The highest BCUT2D eigenvalue weighted by Crippen LogP contribution is 2.22. The average Bonchev–Trinajstić information content (AvgIpc) is 3.02. The Labute approximate surface area is 121 Å². The zero-order valence-electron chi connectivity index (χ0n) is 12.4. The Balaban J connectivity index is 1.96. The zero-order valence-corrected chi connectivity index (χ0v) is 13.2. The Hall–Kier alpha value is -0.450. The summed E-state index contributed by atoms with van der Waals surface area (Å²) in [5.41, 5.74) is 1.34. The Morgan fingerprint density at radius 1 is 1.21 bits per heavy atom. The van der Waals surface area contributed by atoms with Crippen molar-refractivity contribution in [3.63, 3.8) is 0 Å². The van der Waals surface area contributed by atoms with Crippen molar-refractivity contribution in [1.82, 2.24) is 15.2 Å². The molecule has 0 spiro atoms. The van der Waals surface area contributed by atoms with Crippen LogP contribution in [0, 0.1) is 0 Å². The molecule has 19 heavy (non-hydrogen) atoms. The Morgan fingerprint density at radius 3 is 2.68 bits per heavy atom. The molecule has 1 aromatic heterocycles. The minimum atomic E-state index is 1.00. The molecule has 0 bridgehead atoms. The van der Waals surface area contributed by atoms with Crippen molar-refractivity contribution < 1.29 is 0 Å². The fraction of sp³-hybridized carbons (Fsp3) is 0.800. The lowest BCUT2D eigenvalue weighted by molar-refractivity contribution is 0.330.